The second kappa shape index (κ2) is 9.71. The first kappa shape index (κ1) is 23.4. The summed E-state index contributed by atoms with van der Waals surface area (Å²) in [5, 5.41) is 3.41. The molecule has 5 rings (SSSR count). The molecule has 0 spiro atoms. The summed E-state index contributed by atoms with van der Waals surface area (Å²) in [5.41, 5.74) is 1.38. The Hall–Kier alpha value is -4.37. The van der Waals surface area contributed by atoms with Crippen LogP contribution >= 0.6 is 11.3 Å². The van der Waals surface area contributed by atoms with Gasteiger partial charge in [-0.25, -0.2) is 9.78 Å². The number of Topliss-reactive ketones (excluding diaryl/α,β-unsaturated/α-hetero) is 1. The Balaban J connectivity index is 1.57. The van der Waals surface area contributed by atoms with Crippen LogP contribution in [-0.4, -0.2) is 25.8 Å². The number of amides is 1. The van der Waals surface area contributed by atoms with Crippen LogP contribution in [0.3, 0.4) is 0 Å². The Morgan fingerprint density at radius 1 is 0.972 bits per heavy atom. The zero-order valence-corrected chi connectivity index (χ0v) is 20.2. The Morgan fingerprint density at radius 3 is 2.56 bits per heavy atom. The van der Waals surface area contributed by atoms with E-state index in [9.17, 15) is 19.2 Å². The van der Waals surface area contributed by atoms with Gasteiger partial charge in [-0.2, -0.15) is 0 Å². The third-order valence-corrected chi connectivity index (χ3v) is 7.02. The van der Waals surface area contributed by atoms with E-state index < -0.39 is 11.6 Å². The number of benzene rings is 2. The first-order chi connectivity index (χ1) is 17.4. The van der Waals surface area contributed by atoms with Crippen molar-refractivity contribution in [2.75, 3.05) is 5.32 Å². The van der Waals surface area contributed by atoms with Crippen molar-refractivity contribution < 1.29 is 9.59 Å². The van der Waals surface area contributed by atoms with Gasteiger partial charge in [-0.05, 0) is 43.2 Å². The number of rotatable bonds is 7. The predicted octanol–water partition coefficient (Wildman–Crippen LogP) is 3.86. The number of nitrogens with one attached hydrogen (secondary N) is 1. The fourth-order valence-corrected chi connectivity index (χ4v) is 5.27. The van der Waals surface area contributed by atoms with Crippen LogP contribution in [0.5, 0.6) is 0 Å². The Bertz CT molecular complexity index is 1730. The number of hydrogen-bond donors (Lipinski definition) is 1. The Labute approximate surface area is 209 Å². The largest absolute Gasteiger partial charge is 0.332 e. The van der Waals surface area contributed by atoms with E-state index in [0.717, 1.165) is 5.56 Å². The van der Waals surface area contributed by atoms with Gasteiger partial charge in [0.25, 0.3) is 5.56 Å². The average Bonchev–Trinajstić information content (AvgIpc) is 3.27. The molecule has 180 valence electrons. The molecule has 0 fully saturated rings. The summed E-state index contributed by atoms with van der Waals surface area (Å²) in [6.07, 6.45) is 2.12. The smallest absolute Gasteiger partial charge is 0.325 e. The minimum atomic E-state index is -0.556. The standard InChI is InChI=1S/C27H22N4O4S/c1-17(32)19-9-5-10-20(15-19)29-22(33)16-31-23-21-11-6-13-28-25(21)36-24(23)26(34)30(27(31)35)14-12-18-7-3-2-4-8-18/h2-11,13,15H,12,14,16H2,1H3,(H,29,33). The molecule has 2 aromatic carbocycles. The lowest BCUT2D eigenvalue weighted by Gasteiger charge is -2.13. The number of ketones is 1. The van der Waals surface area contributed by atoms with E-state index in [0.29, 0.717) is 38.1 Å². The van der Waals surface area contributed by atoms with Gasteiger partial charge in [0.05, 0.1) is 5.52 Å². The molecule has 0 aliphatic rings. The highest BCUT2D eigenvalue weighted by Gasteiger charge is 2.20. The SMILES string of the molecule is CC(=O)c1cccc(NC(=O)Cn2c(=O)n(CCc3ccccc3)c(=O)c3sc4ncccc4c32)c1. The summed E-state index contributed by atoms with van der Waals surface area (Å²) >= 11 is 1.21. The van der Waals surface area contributed by atoms with Gasteiger partial charge < -0.3 is 5.32 Å². The Kier molecular flexibility index (Phi) is 6.30. The summed E-state index contributed by atoms with van der Waals surface area (Å²) in [7, 11) is 0. The lowest BCUT2D eigenvalue weighted by molar-refractivity contribution is -0.116. The zero-order chi connectivity index (χ0) is 25.2. The zero-order valence-electron chi connectivity index (χ0n) is 19.4. The summed E-state index contributed by atoms with van der Waals surface area (Å²) in [6, 6.07) is 19.7. The van der Waals surface area contributed by atoms with E-state index >= 15 is 0 Å². The molecule has 0 saturated carbocycles. The third-order valence-electron chi connectivity index (χ3n) is 5.93. The van der Waals surface area contributed by atoms with Gasteiger partial charge in [-0.3, -0.25) is 23.5 Å². The molecule has 3 aromatic heterocycles. The molecule has 0 bridgehead atoms. The average molecular weight is 499 g/mol. The molecule has 0 aliphatic carbocycles. The maximum absolute atomic E-state index is 13.6. The van der Waals surface area contributed by atoms with Crippen LogP contribution < -0.4 is 16.6 Å². The van der Waals surface area contributed by atoms with Crippen LogP contribution in [0.25, 0.3) is 20.4 Å². The molecule has 3 heterocycles. The lowest BCUT2D eigenvalue weighted by atomic mass is 10.1. The molecular weight excluding hydrogens is 476 g/mol. The minimum absolute atomic E-state index is 0.119. The van der Waals surface area contributed by atoms with Gasteiger partial charge in [-0.15, -0.1) is 11.3 Å². The molecule has 5 aromatic rings. The molecule has 0 aliphatic heterocycles. The van der Waals surface area contributed by atoms with Crippen LogP contribution in [0.4, 0.5) is 5.69 Å². The monoisotopic (exact) mass is 498 g/mol. The van der Waals surface area contributed by atoms with Gasteiger partial charge in [-0.1, -0.05) is 42.5 Å². The summed E-state index contributed by atoms with van der Waals surface area (Å²) in [4.78, 5) is 56.7. The fraction of sp³-hybridized carbons (Fsp3) is 0.148. The summed E-state index contributed by atoms with van der Waals surface area (Å²) in [5.74, 6) is -0.567. The van der Waals surface area contributed by atoms with Crippen molar-refractivity contribution in [1.29, 1.82) is 0 Å². The highest BCUT2D eigenvalue weighted by atomic mass is 32.1. The summed E-state index contributed by atoms with van der Waals surface area (Å²) < 4.78 is 2.91. The predicted molar refractivity (Wildman–Crippen MR) is 141 cm³/mol. The van der Waals surface area contributed by atoms with E-state index in [-0.39, 0.29) is 24.4 Å². The van der Waals surface area contributed by atoms with Gasteiger partial charge in [0.15, 0.2) is 5.78 Å². The highest BCUT2D eigenvalue weighted by molar-refractivity contribution is 7.25. The van der Waals surface area contributed by atoms with Gasteiger partial charge in [0.2, 0.25) is 5.91 Å². The molecule has 9 heteroatoms. The fourth-order valence-electron chi connectivity index (χ4n) is 4.17. The number of pyridine rings is 1. The second-order valence-electron chi connectivity index (χ2n) is 8.38. The van der Waals surface area contributed by atoms with Crippen LogP contribution in [0.15, 0.2) is 82.5 Å². The highest BCUT2D eigenvalue weighted by Crippen LogP contribution is 2.29. The van der Waals surface area contributed by atoms with Crippen molar-refractivity contribution >= 4 is 49.1 Å². The van der Waals surface area contributed by atoms with Crippen molar-refractivity contribution in [3.63, 3.8) is 0 Å². The third kappa shape index (κ3) is 4.48. The topological polar surface area (TPSA) is 103 Å². The molecule has 36 heavy (non-hydrogen) atoms. The number of thiophene rings is 1. The second-order valence-corrected chi connectivity index (χ2v) is 9.38. The first-order valence-electron chi connectivity index (χ1n) is 11.4. The summed E-state index contributed by atoms with van der Waals surface area (Å²) in [6.45, 7) is 1.33. The van der Waals surface area contributed by atoms with Crippen molar-refractivity contribution in [3.05, 3.63) is 105 Å². The van der Waals surface area contributed by atoms with Crippen LogP contribution in [-0.2, 0) is 24.3 Å². The number of aryl methyl sites for hydroxylation is 1. The van der Waals surface area contributed by atoms with E-state index in [2.05, 4.69) is 10.3 Å². The van der Waals surface area contributed by atoms with Crippen LogP contribution in [0, 0.1) is 0 Å². The Morgan fingerprint density at radius 2 is 1.78 bits per heavy atom. The number of hydrogen-bond acceptors (Lipinski definition) is 6. The van der Waals surface area contributed by atoms with E-state index in [1.54, 1.807) is 42.6 Å². The van der Waals surface area contributed by atoms with Crippen molar-refractivity contribution in [1.82, 2.24) is 14.1 Å². The van der Waals surface area contributed by atoms with Crippen molar-refractivity contribution in [3.8, 4) is 0 Å². The van der Waals surface area contributed by atoms with E-state index in [4.69, 9.17) is 0 Å². The number of aromatic nitrogens is 3. The molecule has 0 atom stereocenters. The van der Waals surface area contributed by atoms with Gasteiger partial charge in [0, 0.05) is 29.4 Å². The van der Waals surface area contributed by atoms with Gasteiger partial charge >= 0.3 is 5.69 Å². The van der Waals surface area contributed by atoms with Crippen LogP contribution in [0.1, 0.15) is 22.8 Å². The van der Waals surface area contributed by atoms with Crippen molar-refractivity contribution in [2.24, 2.45) is 0 Å². The number of anilines is 1. The quantitative estimate of drug-likeness (QED) is 0.343. The van der Waals surface area contributed by atoms with E-state index in [1.807, 2.05) is 30.3 Å². The molecule has 0 radical (unpaired) electrons. The van der Waals surface area contributed by atoms with Crippen molar-refractivity contribution in [2.45, 2.75) is 26.4 Å². The molecule has 0 saturated heterocycles. The maximum atomic E-state index is 13.6. The first-order valence-corrected chi connectivity index (χ1v) is 12.2. The number of carbonyl (C=O) groups is 2. The number of nitrogens with zero attached hydrogens (tertiary/aromatic N) is 3. The molecule has 8 nitrogen and oxygen atoms in total. The van der Waals surface area contributed by atoms with Crippen LogP contribution in [0.2, 0.25) is 0 Å². The number of carbonyl (C=O) groups excluding carboxylic acids is 2. The molecule has 1 N–H and O–H groups in total. The maximum Gasteiger partial charge on any atom is 0.332 e. The number of fused-ring (bicyclic) bond motifs is 3. The van der Waals surface area contributed by atoms with E-state index in [1.165, 1.54) is 27.4 Å². The lowest BCUT2D eigenvalue weighted by Crippen LogP contribution is -2.41. The van der Waals surface area contributed by atoms with Gasteiger partial charge in [0.1, 0.15) is 16.1 Å². The molecular formula is C27H22N4O4S. The minimum Gasteiger partial charge on any atom is -0.325 e. The molecule has 0 unspecified atom stereocenters. The molecule has 1 amide bonds. The normalized spacial score (nSPS) is 11.1.